The van der Waals surface area contributed by atoms with Gasteiger partial charge in [0, 0.05) is 31.2 Å². The number of aliphatic hydroxyl groups excluding tert-OH is 1. The maximum Gasteiger partial charge on any atom is 0.317 e. The molecule has 1 aliphatic rings. The van der Waals surface area contributed by atoms with Crippen LogP contribution in [0.5, 0.6) is 5.75 Å². The van der Waals surface area contributed by atoms with Crippen LogP contribution < -0.4 is 14.8 Å². The van der Waals surface area contributed by atoms with Gasteiger partial charge in [0.1, 0.15) is 11.9 Å². The van der Waals surface area contributed by atoms with E-state index in [0.29, 0.717) is 12.3 Å². The van der Waals surface area contributed by atoms with Crippen LogP contribution >= 0.6 is 0 Å². The lowest BCUT2D eigenvalue weighted by molar-refractivity contribution is 0.0366. The number of fused-ring (bicyclic) bond motifs is 1. The van der Waals surface area contributed by atoms with E-state index in [1.807, 2.05) is 20.8 Å². The van der Waals surface area contributed by atoms with Crippen molar-refractivity contribution in [3.05, 3.63) is 23.8 Å². The molecule has 11 heteroatoms. The van der Waals surface area contributed by atoms with Crippen LogP contribution in [-0.4, -0.2) is 86.4 Å². The van der Waals surface area contributed by atoms with Crippen LogP contribution in [0, 0.1) is 5.92 Å². The van der Waals surface area contributed by atoms with Gasteiger partial charge in [-0.1, -0.05) is 6.92 Å². The third-order valence-electron chi connectivity index (χ3n) is 5.18. The zero-order valence-corrected chi connectivity index (χ0v) is 20.3. The van der Waals surface area contributed by atoms with E-state index in [2.05, 4.69) is 10.0 Å². The van der Waals surface area contributed by atoms with E-state index in [9.17, 15) is 23.1 Å². The lowest BCUT2D eigenvalue weighted by Crippen LogP contribution is -2.51. The fourth-order valence-electron chi connectivity index (χ4n) is 3.43. The molecular formula is C21H34N4O6S. The van der Waals surface area contributed by atoms with Gasteiger partial charge in [0.05, 0.1) is 31.0 Å². The SMILES string of the molecule is CC(C)NC(=O)N(C)C[C@H]1Oc2ccc(NS(C)(=O)=O)cc2C(=O)N([C@@H](C)CO)C[C@@H]1C. The number of rotatable bonds is 7. The molecule has 0 aromatic heterocycles. The zero-order valence-electron chi connectivity index (χ0n) is 19.5. The van der Waals surface area contributed by atoms with Crippen molar-refractivity contribution in [3.8, 4) is 5.75 Å². The molecule has 0 saturated heterocycles. The van der Waals surface area contributed by atoms with Gasteiger partial charge in [0.15, 0.2) is 0 Å². The van der Waals surface area contributed by atoms with E-state index >= 15 is 0 Å². The van der Waals surface area contributed by atoms with Crippen molar-refractivity contribution < 1.29 is 27.9 Å². The Labute approximate surface area is 190 Å². The Morgan fingerprint density at radius 3 is 2.56 bits per heavy atom. The van der Waals surface area contributed by atoms with Crippen molar-refractivity contribution in [1.82, 2.24) is 15.1 Å². The summed E-state index contributed by atoms with van der Waals surface area (Å²) in [6, 6.07) is 3.79. The molecule has 3 amide bonds. The lowest BCUT2D eigenvalue weighted by atomic mass is 9.99. The number of hydrogen-bond donors (Lipinski definition) is 3. The maximum atomic E-state index is 13.3. The molecule has 1 aliphatic heterocycles. The molecule has 1 aromatic rings. The molecule has 0 unspecified atom stereocenters. The highest BCUT2D eigenvalue weighted by atomic mass is 32.2. The number of aliphatic hydroxyl groups is 1. The van der Waals surface area contributed by atoms with Gasteiger partial charge in [-0.15, -0.1) is 0 Å². The van der Waals surface area contributed by atoms with E-state index in [1.165, 1.54) is 17.0 Å². The highest BCUT2D eigenvalue weighted by Gasteiger charge is 2.34. The Morgan fingerprint density at radius 1 is 1.34 bits per heavy atom. The van der Waals surface area contributed by atoms with Crippen LogP contribution in [0.4, 0.5) is 10.5 Å². The average Bonchev–Trinajstić information content (AvgIpc) is 2.68. The number of nitrogens with one attached hydrogen (secondary N) is 2. The number of carbonyl (C=O) groups excluding carboxylic acids is 2. The number of hydrogen-bond acceptors (Lipinski definition) is 6. The number of amides is 3. The first-order valence-corrected chi connectivity index (χ1v) is 12.4. The Bertz CT molecular complexity index is 936. The van der Waals surface area contributed by atoms with E-state index in [-0.39, 0.29) is 48.3 Å². The summed E-state index contributed by atoms with van der Waals surface area (Å²) < 4.78 is 31.8. The fourth-order valence-corrected chi connectivity index (χ4v) is 3.98. The Balaban J connectivity index is 2.43. The van der Waals surface area contributed by atoms with Crippen LogP contribution in [0.3, 0.4) is 0 Å². The number of urea groups is 1. The highest BCUT2D eigenvalue weighted by Crippen LogP contribution is 2.30. The van der Waals surface area contributed by atoms with Crippen LogP contribution in [0.2, 0.25) is 0 Å². The van der Waals surface area contributed by atoms with Gasteiger partial charge in [-0.2, -0.15) is 0 Å². The fraction of sp³-hybridized carbons (Fsp3) is 0.619. The van der Waals surface area contributed by atoms with Crippen LogP contribution in [0.25, 0.3) is 0 Å². The summed E-state index contributed by atoms with van der Waals surface area (Å²) in [6.45, 7) is 7.76. The predicted molar refractivity (Wildman–Crippen MR) is 122 cm³/mol. The van der Waals surface area contributed by atoms with Gasteiger partial charge < -0.3 is 25.0 Å². The minimum atomic E-state index is -3.53. The monoisotopic (exact) mass is 470 g/mol. The first-order valence-electron chi connectivity index (χ1n) is 10.5. The van der Waals surface area contributed by atoms with Crippen LogP contribution in [-0.2, 0) is 10.0 Å². The van der Waals surface area contributed by atoms with Gasteiger partial charge in [-0.3, -0.25) is 9.52 Å². The number of nitrogens with zero attached hydrogens (tertiary/aromatic N) is 2. The van der Waals surface area contributed by atoms with Crippen molar-refractivity contribution in [1.29, 1.82) is 0 Å². The molecule has 180 valence electrons. The molecule has 3 N–H and O–H groups in total. The van der Waals surface area contributed by atoms with Crippen molar-refractivity contribution in [2.24, 2.45) is 5.92 Å². The maximum absolute atomic E-state index is 13.3. The van der Waals surface area contributed by atoms with E-state index in [1.54, 1.807) is 24.9 Å². The first kappa shape index (κ1) is 25.7. The van der Waals surface area contributed by atoms with Gasteiger partial charge in [-0.05, 0) is 39.0 Å². The minimum absolute atomic E-state index is 0.0133. The van der Waals surface area contributed by atoms with Crippen molar-refractivity contribution >= 4 is 27.6 Å². The average molecular weight is 471 g/mol. The minimum Gasteiger partial charge on any atom is -0.487 e. The molecule has 1 aromatic carbocycles. The molecule has 0 fully saturated rings. The number of benzene rings is 1. The number of anilines is 1. The molecule has 0 bridgehead atoms. The smallest absolute Gasteiger partial charge is 0.317 e. The quantitative estimate of drug-likeness (QED) is 0.552. The zero-order chi connectivity index (χ0) is 24.2. The Kier molecular flexibility index (Phi) is 8.35. The third kappa shape index (κ3) is 6.73. The van der Waals surface area contributed by atoms with Gasteiger partial charge in [0.25, 0.3) is 5.91 Å². The largest absolute Gasteiger partial charge is 0.487 e. The molecule has 0 saturated carbocycles. The summed E-state index contributed by atoms with van der Waals surface area (Å²) in [4.78, 5) is 28.8. The van der Waals surface area contributed by atoms with Crippen molar-refractivity contribution in [3.63, 3.8) is 0 Å². The first-order chi connectivity index (χ1) is 14.8. The standard InChI is InChI=1S/C21H34N4O6S/c1-13(2)22-21(28)24(5)11-19-14(3)10-25(15(4)12-26)20(27)17-9-16(23-32(6,29)30)7-8-18(17)31-19/h7-9,13-15,19,23,26H,10-12H2,1-6H3,(H,22,28)/t14-,15-,19+/m0/s1. The second-order valence-electron chi connectivity index (χ2n) is 8.69. The summed E-state index contributed by atoms with van der Waals surface area (Å²) in [5, 5.41) is 12.5. The summed E-state index contributed by atoms with van der Waals surface area (Å²) >= 11 is 0. The number of sulfonamides is 1. The molecule has 10 nitrogen and oxygen atoms in total. The molecular weight excluding hydrogens is 436 g/mol. The molecule has 2 rings (SSSR count). The number of ether oxygens (including phenoxy) is 1. The van der Waals surface area contributed by atoms with Crippen LogP contribution in [0.15, 0.2) is 18.2 Å². The summed E-state index contributed by atoms with van der Waals surface area (Å²) in [5.41, 5.74) is 0.420. The lowest BCUT2D eigenvalue weighted by Gasteiger charge is -2.38. The van der Waals surface area contributed by atoms with E-state index in [4.69, 9.17) is 4.74 Å². The van der Waals surface area contributed by atoms with Crippen molar-refractivity contribution in [2.45, 2.75) is 45.9 Å². The van der Waals surface area contributed by atoms with Gasteiger partial charge in [-0.25, -0.2) is 13.2 Å². The van der Waals surface area contributed by atoms with E-state index in [0.717, 1.165) is 6.26 Å². The molecule has 0 spiro atoms. The number of likely N-dealkylation sites (N-methyl/N-ethyl adjacent to an activating group) is 1. The summed E-state index contributed by atoms with van der Waals surface area (Å²) in [7, 11) is -1.86. The molecule has 1 heterocycles. The second-order valence-corrected chi connectivity index (χ2v) is 10.4. The highest BCUT2D eigenvalue weighted by molar-refractivity contribution is 7.92. The topological polar surface area (TPSA) is 128 Å². The number of carbonyl (C=O) groups is 2. The van der Waals surface area contributed by atoms with Gasteiger partial charge >= 0.3 is 6.03 Å². The second kappa shape index (κ2) is 10.4. The molecule has 32 heavy (non-hydrogen) atoms. The molecule has 3 atom stereocenters. The summed E-state index contributed by atoms with van der Waals surface area (Å²) in [6.07, 6.45) is 0.588. The van der Waals surface area contributed by atoms with Crippen LogP contribution in [0.1, 0.15) is 38.1 Å². The van der Waals surface area contributed by atoms with Gasteiger partial charge in [0.2, 0.25) is 10.0 Å². The summed E-state index contributed by atoms with van der Waals surface area (Å²) in [5.74, 6) is -0.225. The van der Waals surface area contributed by atoms with E-state index < -0.39 is 22.2 Å². The predicted octanol–water partition coefficient (Wildman–Crippen LogP) is 1.33. The Morgan fingerprint density at radius 2 is 2.00 bits per heavy atom. The van der Waals surface area contributed by atoms with Crippen molar-refractivity contribution in [2.75, 3.05) is 37.7 Å². The third-order valence-corrected chi connectivity index (χ3v) is 5.79. The normalized spacial score (nSPS) is 20.0. The Hall–Kier alpha value is -2.53. The molecule has 0 aliphatic carbocycles. The molecule has 0 radical (unpaired) electrons.